The van der Waals surface area contributed by atoms with Crippen LogP contribution in [-0.4, -0.2) is 30.3 Å². The van der Waals surface area contributed by atoms with Gasteiger partial charge in [-0.3, -0.25) is 20.7 Å². The molecule has 0 saturated carbocycles. The molecule has 0 fully saturated rings. The van der Waals surface area contributed by atoms with Crippen molar-refractivity contribution in [3.8, 4) is 0 Å². The molecule has 9 nitrogen and oxygen atoms in total. The fourth-order valence-electron chi connectivity index (χ4n) is 1.43. The molecule has 0 unspecified atom stereocenters. The first-order valence-electron chi connectivity index (χ1n) is 6.13. The highest BCUT2D eigenvalue weighted by molar-refractivity contribution is 5.90. The SMILES string of the molecule is CCOC(=O)Nc1ccc(NC(=O)OCC)c([N+](=O)[O-])c1. The Kier molecular flexibility index (Phi) is 5.93. The van der Waals surface area contributed by atoms with Crippen molar-refractivity contribution in [2.45, 2.75) is 13.8 Å². The van der Waals surface area contributed by atoms with Gasteiger partial charge in [0.05, 0.1) is 23.8 Å². The second kappa shape index (κ2) is 7.68. The van der Waals surface area contributed by atoms with E-state index in [1.165, 1.54) is 12.1 Å². The van der Waals surface area contributed by atoms with Crippen LogP contribution in [0.4, 0.5) is 26.7 Å². The Morgan fingerprint density at radius 2 is 1.71 bits per heavy atom. The van der Waals surface area contributed by atoms with Crippen LogP contribution in [0.1, 0.15) is 13.8 Å². The monoisotopic (exact) mass is 297 g/mol. The molecule has 21 heavy (non-hydrogen) atoms. The Morgan fingerprint density at radius 1 is 1.14 bits per heavy atom. The number of amides is 2. The second-order valence-corrected chi connectivity index (χ2v) is 3.68. The largest absolute Gasteiger partial charge is 0.450 e. The fourth-order valence-corrected chi connectivity index (χ4v) is 1.43. The van der Waals surface area contributed by atoms with Crippen molar-refractivity contribution >= 4 is 29.2 Å². The number of hydrogen-bond donors (Lipinski definition) is 2. The number of hydrogen-bond acceptors (Lipinski definition) is 6. The highest BCUT2D eigenvalue weighted by atomic mass is 16.6. The third-order valence-electron chi connectivity index (χ3n) is 2.23. The molecule has 0 bridgehead atoms. The van der Waals surface area contributed by atoms with Crippen molar-refractivity contribution in [1.29, 1.82) is 0 Å². The number of nitrogens with zero attached hydrogens (tertiary/aromatic N) is 1. The summed E-state index contributed by atoms with van der Waals surface area (Å²) in [5.41, 5.74) is -0.236. The maximum Gasteiger partial charge on any atom is 0.411 e. The number of ether oxygens (including phenoxy) is 2. The van der Waals surface area contributed by atoms with Gasteiger partial charge in [0.25, 0.3) is 5.69 Å². The van der Waals surface area contributed by atoms with Gasteiger partial charge in [0.1, 0.15) is 5.69 Å². The highest BCUT2D eigenvalue weighted by Gasteiger charge is 2.18. The molecule has 0 radical (unpaired) electrons. The molecule has 1 aromatic carbocycles. The van der Waals surface area contributed by atoms with E-state index in [9.17, 15) is 19.7 Å². The number of nitro benzene ring substituents is 1. The van der Waals surface area contributed by atoms with Crippen molar-refractivity contribution in [2.24, 2.45) is 0 Å². The second-order valence-electron chi connectivity index (χ2n) is 3.68. The molecule has 0 heterocycles. The lowest BCUT2D eigenvalue weighted by Crippen LogP contribution is -2.15. The molecule has 1 rings (SSSR count). The van der Waals surface area contributed by atoms with Gasteiger partial charge in [-0.05, 0) is 26.0 Å². The molecule has 0 aliphatic carbocycles. The Hall–Kier alpha value is -2.84. The lowest BCUT2D eigenvalue weighted by Gasteiger charge is -2.08. The first-order valence-corrected chi connectivity index (χ1v) is 6.13. The summed E-state index contributed by atoms with van der Waals surface area (Å²) in [6.45, 7) is 3.56. The maximum atomic E-state index is 11.3. The van der Waals surface area contributed by atoms with Gasteiger partial charge in [-0.2, -0.15) is 0 Å². The van der Waals surface area contributed by atoms with Crippen LogP contribution in [0.2, 0.25) is 0 Å². The summed E-state index contributed by atoms with van der Waals surface area (Å²) < 4.78 is 9.31. The number of carbonyl (C=O) groups is 2. The van der Waals surface area contributed by atoms with Crippen LogP contribution in [0.15, 0.2) is 18.2 Å². The molecule has 2 N–H and O–H groups in total. The summed E-state index contributed by atoms with van der Waals surface area (Å²) in [5, 5.41) is 15.6. The zero-order valence-electron chi connectivity index (χ0n) is 11.5. The van der Waals surface area contributed by atoms with E-state index in [1.54, 1.807) is 13.8 Å². The minimum Gasteiger partial charge on any atom is -0.450 e. The molecule has 0 aromatic heterocycles. The number of anilines is 2. The third kappa shape index (κ3) is 4.97. The van der Waals surface area contributed by atoms with Crippen molar-refractivity contribution in [3.05, 3.63) is 28.3 Å². The normalized spacial score (nSPS) is 9.62. The van der Waals surface area contributed by atoms with Crippen LogP contribution in [0, 0.1) is 10.1 Å². The Morgan fingerprint density at radius 3 is 2.24 bits per heavy atom. The van der Waals surface area contributed by atoms with Gasteiger partial charge in [0.15, 0.2) is 0 Å². The average molecular weight is 297 g/mol. The molecule has 2 amide bonds. The minimum atomic E-state index is -0.799. The smallest absolute Gasteiger partial charge is 0.411 e. The average Bonchev–Trinajstić information content (AvgIpc) is 2.40. The van der Waals surface area contributed by atoms with E-state index in [4.69, 9.17) is 0 Å². The van der Waals surface area contributed by atoms with E-state index in [2.05, 4.69) is 20.1 Å². The first kappa shape index (κ1) is 16.2. The predicted octanol–water partition coefficient (Wildman–Crippen LogP) is 2.73. The zero-order chi connectivity index (χ0) is 15.8. The number of carbonyl (C=O) groups excluding carboxylic acids is 2. The van der Waals surface area contributed by atoms with E-state index in [0.29, 0.717) is 0 Å². The molecule has 0 aliphatic heterocycles. The van der Waals surface area contributed by atoms with Crippen LogP contribution in [-0.2, 0) is 9.47 Å². The highest BCUT2D eigenvalue weighted by Crippen LogP contribution is 2.28. The summed E-state index contributed by atoms with van der Waals surface area (Å²) in [6, 6.07) is 3.79. The van der Waals surface area contributed by atoms with E-state index in [-0.39, 0.29) is 30.3 Å². The van der Waals surface area contributed by atoms with Crippen molar-refractivity contribution < 1.29 is 24.0 Å². The van der Waals surface area contributed by atoms with Gasteiger partial charge >= 0.3 is 12.2 Å². The van der Waals surface area contributed by atoms with Crippen molar-refractivity contribution in [1.82, 2.24) is 0 Å². The fraction of sp³-hybridized carbons (Fsp3) is 0.333. The lowest BCUT2D eigenvalue weighted by molar-refractivity contribution is -0.383. The zero-order valence-corrected chi connectivity index (χ0v) is 11.5. The summed E-state index contributed by atoms with van der Waals surface area (Å²) in [4.78, 5) is 32.8. The molecule has 1 aromatic rings. The number of nitrogens with one attached hydrogen (secondary N) is 2. The quantitative estimate of drug-likeness (QED) is 0.637. The van der Waals surface area contributed by atoms with Gasteiger partial charge in [0.2, 0.25) is 0 Å². The van der Waals surface area contributed by atoms with Crippen molar-refractivity contribution in [2.75, 3.05) is 23.8 Å². The summed E-state index contributed by atoms with van der Waals surface area (Å²) >= 11 is 0. The molecule has 0 aliphatic rings. The molecule has 0 saturated heterocycles. The van der Waals surface area contributed by atoms with Gasteiger partial charge in [-0.25, -0.2) is 9.59 Å². The Balaban J connectivity index is 2.94. The maximum absolute atomic E-state index is 11.3. The first-order chi connectivity index (χ1) is 9.97. The van der Waals surface area contributed by atoms with E-state index < -0.39 is 17.1 Å². The van der Waals surface area contributed by atoms with Gasteiger partial charge in [-0.1, -0.05) is 0 Å². The van der Waals surface area contributed by atoms with Crippen LogP contribution < -0.4 is 10.6 Å². The van der Waals surface area contributed by atoms with Gasteiger partial charge < -0.3 is 9.47 Å². The van der Waals surface area contributed by atoms with Crippen molar-refractivity contribution in [3.63, 3.8) is 0 Å². The molecule has 9 heteroatoms. The minimum absolute atomic E-state index is 0.0344. The number of benzene rings is 1. The summed E-state index contributed by atoms with van der Waals surface area (Å²) in [6.07, 6.45) is -1.52. The topological polar surface area (TPSA) is 120 Å². The molecule has 0 atom stereocenters. The predicted molar refractivity (Wildman–Crippen MR) is 74.4 cm³/mol. The Bertz CT molecular complexity index is 546. The standard InChI is InChI=1S/C12H15N3O6/c1-3-20-11(16)13-8-5-6-9(10(7-8)15(18)19)14-12(17)21-4-2/h5-7H,3-4H2,1-2H3,(H,13,16)(H,14,17). The van der Waals surface area contributed by atoms with Crippen LogP contribution in [0.5, 0.6) is 0 Å². The lowest BCUT2D eigenvalue weighted by atomic mass is 10.2. The number of nitro groups is 1. The molecule has 0 spiro atoms. The molecular weight excluding hydrogens is 282 g/mol. The van der Waals surface area contributed by atoms with Gasteiger partial charge in [0, 0.05) is 6.07 Å². The molecular formula is C12H15N3O6. The van der Waals surface area contributed by atoms with Gasteiger partial charge in [-0.15, -0.1) is 0 Å². The third-order valence-corrected chi connectivity index (χ3v) is 2.23. The molecule has 114 valence electrons. The summed E-state index contributed by atoms with van der Waals surface area (Å²) in [5.74, 6) is 0. The van der Waals surface area contributed by atoms with E-state index in [1.807, 2.05) is 0 Å². The Labute approximate surface area is 120 Å². The summed E-state index contributed by atoms with van der Waals surface area (Å²) in [7, 11) is 0. The van der Waals surface area contributed by atoms with Crippen LogP contribution in [0.3, 0.4) is 0 Å². The number of rotatable bonds is 5. The van der Waals surface area contributed by atoms with Crippen LogP contribution in [0.25, 0.3) is 0 Å². The van der Waals surface area contributed by atoms with E-state index >= 15 is 0 Å². The van der Waals surface area contributed by atoms with Crippen LogP contribution >= 0.6 is 0 Å². The van der Waals surface area contributed by atoms with E-state index in [0.717, 1.165) is 6.07 Å².